The molecule has 0 saturated heterocycles. The summed E-state index contributed by atoms with van der Waals surface area (Å²) in [6, 6.07) is 7.94. The Morgan fingerprint density at radius 2 is 1.71 bits per heavy atom. The summed E-state index contributed by atoms with van der Waals surface area (Å²) in [4.78, 5) is 12.9. The zero-order valence-corrected chi connectivity index (χ0v) is 12.0. The molecule has 0 aliphatic carbocycles. The van der Waals surface area contributed by atoms with Crippen molar-refractivity contribution in [2.75, 3.05) is 0 Å². The summed E-state index contributed by atoms with van der Waals surface area (Å²) in [6.45, 7) is 10.5. The lowest BCUT2D eigenvalue weighted by Crippen LogP contribution is -2.29. The van der Waals surface area contributed by atoms with Crippen molar-refractivity contribution in [3.05, 3.63) is 29.8 Å². The summed E-state index contributed by atoms with van der Waals surface area (Å²) in [7, 11) is 0. The molecule has 1 aromatic carbocycles. The first-order valence-corrected chi connectivity index (χ1v) is 6.69. The number of nitrogens with one attached hydrogen (secondary N) is 1. The van der Waals surface area contributed by atoms with Crippen LogP contribution in [-0.2, 0) is 0 Å². The van der Waals surface area contributed by atoms with Crippen molar-refractivity contribution in [3.63, 3.8) is 0 Å². The van der Waals surface area contributed by atoms with Crippen LogP contribution in [0.4, 0.5) is 0 Å². The number of thioether (sulfide) groups is 1. The van der Waals surface area contributed by atoms with Crippen LogP contribution in [-0.4, -0.2) is 16.7 Å². The highest BCUT2D eigenvalue weighted by molar-refractivity contribution is 8.00. The second kappa shape index (κ2) is 5.58. The van der Waals surface area contributed by atoms with Crippen LogP contribution in [0.15, 0.2) is 29.2 Å². The van der Waals surface area contributed by atoms with E-state index in [0.29, 0.717) is 0 Å². The summed E-state index contributed by atoms with van der Waals surface area (Å²) in [5.74, 6) is -0.00712. The van der Waals surface area contributed by atoms with E-state index in [9.17, 15) is 4.79 Å². The monoisotopic (exact) mass is 251 g/mol. The van der Waals surface area contributed by atoms with E-state index in [-0.39, 0.29) is 16.7 Å². The lowest BCUT2D eigenvalue weighted by atomic mass is 10.2. The molecule has 2 nitrogen and oxygen atoms in total. The third-order valence-corrected chi connectivity index (χ3v) is 3.08. The Balaban J connectivity index is 2.71. The largest absolute Gasteiger partial charge is 0.350 e. The summed E-state index contributed by atoms with van der Waals surface area (Å²) in [5, 5.41) is 2.88. The standard InChI is InChI=1S/C14H21NOS/c1-10(2)15-13(16)11-6-8-12(9-7-11)17-14(3,4)5/h6-10H,1-5H3,(H,15,16). The van der Waals surface area contributed by atoms with E-state index in [1.165, 1.54) is 4.90 Å². The molecule has 94 valence electrons. The second-order valence-corrected chi connectivity index (χ2v) is 7.27. The van der Waals surface area contributed by atoms with Gasteiger partial charge < -0.3 is 5.32 Å². The summed E-state index contributed by atoms with van der Waals surface area (Å²) in [6.07, 6.45) is 0. The lowest BCUT2D eigenvalue weighted by Gasteiger charge is -2.17. The molecule has 0 atom stereocenters. The minimum atomic E-state index is -0.00712. The van der Waals surface area contributed by atoms with Gasteiger partial charge in [-0.05, 0) is 38.1 Å². The van der Waals surface area contributed by atoms with Crippen molar-refractivity contribution in [2.45, 2.75) is 50.3 Å². The maximum atomic E-state index is 11.7. The maximum absolute atomic E-state index is 11.7. The fourth-order valence-corrected chi connectivity index (χ4v) is 2.35. The van der Waals surface area contributed by atoms with Crippen LogP contribution >= 0.6 is 11.8 Å². The van der Waals surface area contributed by atoms with Gasteiger partial charge in [0.05, 0.1) is 0 Å². The van der Waals surface area contributed by atoms with Gasteiger partial charge in [0, 0.05) is 21.2 Å². The minimum Gasteiger partial charge on any atom is -0.350 e. The van der Waals surface area contributed by atoms with Gasteiger partial charge >= 0.3 is 0 Å². The Kier molecular flexibility index (Phi) is 4.63. The highest BCUT2D eigenvalue weighted by atomic mass is 32.2. The highest BCUT2D eigenvalue weighted by Crippen LogP contribution is 2.31. The molecule has 1 aromatic rings. The number of hydrogen-bond donors (Lipinski definition) is 1. The van der Waals surface area contributed by atoms with Crippen molar-refractivity contribution in [1.29, 1.82) is 0 Å². The first-order valence-electron chi connectivity index (χ1n) is 5.88. The fraction of sp³-hybridized carbons (Fsp3) is 0.500. The van der Waals surface area contributed by atoms with E-state index in [0.717, 1.165) is 5.56 Å². The lowest BCUT2D eigenvalue weighted by molar-refractivity contribution is 0.0943. The van der Waals surface area contributed by atoms with Gasteiger partial charge in [-0.2, -0.15) is 0 Å². The summed E-state index contributed by atoms with van der Waals surface area (Å²) >= 11 is 1.80. The molecular formula is C14H21NOS. The number of hydrogen-bond acceptors (Lipinski definition) is 2. The molecule has 17 heavy (non-hydrogen) atoms. The molecule has 0 saturated carbocycles. The third-order valence-electron chi connectivity index (χ3n) is 1.96. The number of carbonyl (C=O) groups is 1. The van der Waals surface area contributed by atoms with Gasteiger partial charge in [-0.25, -0.2) is 0 Å². The fourth-order valence-electron chi connectivity index (χ4n) is 1.37. The van der Waals surface area contributed by atoms with Crippen molar-refractivity contribution < 1.29 is 4.79 Å². The summed E-state index contributed by atoms with van der Waals surface area (Å²) in [5.41, 5.74) is 0.719. The van der Waals surface area contributed by atoms with E-state index in [1.54, 1.807) is 11.8 Å². The molecule has 1 rings (SSSR count). The maximum Gasteiger partial charge on any atom is 0.251 e. The molecule has 0 aliphatic heterocycles. The quantitative estimate of drug-likeness (QED) is 0.830. The number of rotatable bonds is 3. The van der Waals surface area contributed by atoms with Crippen LogP contribution in [0.3, 0.4) is 0 Å². The molecule has 0 bridgehead atoms. The molecule has 0 fully saturated rings. The van der Waals surface area contributed by atoms with E-state index < -0.39 is 0 Å². The first-order chi connectivity index (χ1) is 7.78. The molecule has 0 radical (unpaired) electrons. The molecular weight excluding hydrogens is 230 g/mol. The van der Waals surface area contributed by atoms with Gasteiger partial charge in [-0.1, -0.05) is 20.8 Å². The van der Waals surface area contributed by atoms with Crippen LogP contribution in [0.1, 0.15) is 45.0 Å². The first kappa shape index (κ1) is 14.1. The molecule has 0 heterocycles. The predicted molar refractivity (Wildman–Crippen MR) is 74.7 cm³/mol. The minimum absolute atomic E-state index is 0.00712. The van der Waals surface area contributed by atoms with Gasteiger partial charge in [-0.3, -0.25) is 4.79 Å². The smallest absolute Gasteiger partial charge is 0.251 e. The van der Waals surface area contributed by atoms with E-state index in [4.69, 9.17) is 0 Å². The zero-order valence-electron chi connectivity index (χ0n) is 11.2. The van der Waals surface area contributed by atoms with Crippen molar-refractivity contribution in [3.8, 4) is 0 Å². The van der Waals surface area contributed by atoms with Crippen LogP contribution in [0.2, 0.25) is 0 Å². The van der Waals surface area contributed by atoms with Gasteiger partial charge in [0.25, 0.3) is 5.91 Å². The Labute approximate surface area is 108 Å². The molecule has 0 spiro atoms. The van der Waals surface area contributed by atoms with Gasteiger partial charge in [0.1, 0.15) is 0 Å². The second-order valence-electron chi connectivity index (χ2n) is 5.37. The topological polar surface area (TPSA) is 29.1 Å². The molecule has 0 aliphatic rings. The molecule has 0 unspecified atom stereocenters. The van der Waals surface area contributed by atoms with Crippen LogP contribution in [0.5, 0.6) is 0 Å². The predicted octanol–water partition coefficient (Wildman–Crippen LogP) is 3.72. The van der Waals surface area contributed by atoms with Crippen molar-refractivity contribution in [2.24, 2.45) is 0 Å². The molecule has 0 aromatic heterocycles. The third kappa shape index (κ3) is 5.26. The van der Waals surface area contributed by atoms with Gasteiger partial charge in [-0.15, -0.1) is 11.8 Å². The Morgan fingerprint density at radius 1 is 1.18 bits per heavy atom. The SMILES string of the molecule is CC(C)NC(=O)c1ccc(SC(C)(C)C)cc1. The molecule has 1 amide bonds. The van der Waals surface area contributed by atoms with Crippen LogP contribution < -0.4 is 5.32 Å². The molecule has 1 N–H and O–H groups in total. The van der Waals surface area contributed by atoms with Gasteiger partial charge in [0.15, 0.2) is 0 Å². The van der Waals surface area contributed by atoms with E-state index in [1.807, 2.05) is 38.1 Å². The normalized spacial score (nSPS) is 11.6. The van der Waals surface area contributed by atoms with Crippen LogP contribution in [0.25, 0.3) is 0 Å². The Bertz CT molecular complexity index is 376. The van der Waals surface area contributed by atoms with E-state index >= 15 is 0 Å². The van der Waals surface area contributed by atoms with Crippen LogP contribution in [0, 0.1) is 0 Å². The number of benzene rings is 1. The Hall–Kier alpha value is -0.960. The highest BCUT2D eigenvalue weighted by Gasteiger charge is 2.12. The zero-order chi connectivity index (χ0) is 13.1. The van der Waals surface area contributed by atoms with Crippen molar-refractivity contribution in [1.82, 2.24) is 5.32 Å². The average molecular weight is 251 g/mol. The van der Waals surface area contributed by atoms with Crippen molar-refractivity contribution >= 4 is 17.7 Å². The molecule has 3 heteroatoms. The average Bonchev–Trinajstić information content (AvgIpc) is 2.15. The number of carbonyl (C=O) groups excluding carboxylic acids is 1. The van der Waals surface area contributed by atoms with E-state index in [2.05, 4.69) is 26.1 Å². The number of amides is 1. The Morgan fingerprint density at radius 3 is 2.12 bits per heavy atom. The van der Waals surface area contributed by atoms with Gasteiger partial charge in [0.2, 0.25) is 0 Å². The summed E-state index contributed by atoms with van der Waals surface area (Å²) < 4.78 is 0.196.